The van der Waals surface area contributed by atoms with E-state index in [1.807, 2.05) is 45.3 Å². The van der Waals surface area contributed by atoms with E-state index < -0.39 is 0 Å². The van der Waals surface area contributed by atoms with Crippen molar-refractivity contribution < 1.29 is 4.74 Å². The van der Waals surface area contributed by atoms with Crippen LogP contribution in [-0.2, 0) is 6.61 Å². The van der Waals surface area contributed by atoms with Crippen LogP contribution in [0.25, 0.3) is 0 Å². The van der Waals surface area contributed by atoms with E-state index in [-0.39, 0.29) is 0 Å². The van der Waals surface area contributed by atoms with Gasteiger partial charge in [-0.05, 0) is 24.6 Å². The number of anilines is 2. The van der Waals surface area contributed by atoms with Gasteiger partial charge >= 0.3 is 6.01 Å². The van der Waals surface area contributed by atoms with E-state index >= 15 is 0 Å². The molecule has 1 N–H and O–H groups in total. The Bertz CT molecular complexity index is 588. The Labute approximate surface area is 129 Å². The molecule has 0 spiro atoms. The number of benzene rings is 1. The molecule has 0 unspecified atom stereocenters. The zero-order valence-corrected chi connectivity index (χ0v) is 13.1. The third-order valence-electron chi connectivity index (χ3n) is 2.62. The molecular formula is C14H18ClN5O. The Kier molecular flexibility index (Phi) is 5.16. The highest BCUT2D eigenvalue weighted by atomic mass is 35.5. The number of nitrogens with one attached hydrogen (secondary N) is 1. The average molecular weight is 308 g/mol. The van der Waals surface area contributed by atoms with Gasteiger partial charge in [0.05, 0.1) is 0 Å². The van der Waals surface area contributed by atoms with Crippen LogP contribution in [0.4, 0.5) is 11.9 Å². The molecule has 7 heteroatoms. The van der Waals surface area contributed by atoms with Gasteiger partial charge in [0.25, 0.3) is 0 Å². The summed E-state index contributed by atoms with van der Waals surface area (Å²) in [6, 6.07) is 7.74. The van der Waals surface area contributed by atoms with E-state index in [2.05, 4.69) is 20.3 Å². The van der Waals surface area contributed by atoms with Gasteiger partial charge in [-0.25, -0.2) is 0 Å². The number of nitrogens with zero attached hydrogens (tertiary/aromatic N) is 4. The molecule has 2 aromatic rings. The quantitative estimate of drug-likeness (QED) is 0.885. The van der Waals surface area contributed by atoms with Gasteiger partial charge in [0, 0.05) is 25.7 Å². The lowest BCUT2D eigenvalue weighted by atomic mass is 10.2. The first kappa shape index (κ1) is 15.3. The molecule has 112 valence electrons. The summed E-state index contributed by atoms with van der Waals surface area (Å²) >= 11 is 5.85. The second-order valence-corrected chi connectivity index (χ2v) is 5.02. The smallest absolute Gasteiger partial charge is 0.323 e. The van der Waals surface area contributed by atoms with Crippen LogP contribution >= 0.6 is 11.6 Å². The van der Waals surface area contributed by atoms with E-state index in [1.165, 1.54) is 0 Å². The third kappa shape index (κ3) is 4.46. The Morgan fingerprint density at radius 2 is 1.86 bits per heavy atom. The van der Waals surface area contributed by atoms with Crippen molar-refractivity contribution in [1.29, 1.82) is 0 Å². The second-order valence-electron chi connectivity index (χ2n) is 4.58. The van der Waals surface area contributed by atoms with Gasteiger partial charge in [0.1, 0.15) is 6.61 Å². The van der Waals surface area contributed by atoms with Crippen molar-refractivity contribution in [3.8, 4) is 6.01 Å². The van der Waals surface area contributed by atoms with Crippen LogP contribution in [-0.4, -0.2) is 35.6 Å². The van der Waals surface area contributed by atoms with Crippen LogP contribution in [0.1, 0.15) is 12.5 Å². The first-order valence-corrected chi connectivity index (χ1v) is 7.01. The maximum atomic E-state index is 5.85. The molecule has 21 heavy (non-hydrogen) atoms. The predicted molar refractivity (Wildman–Crippen MR) is 84.1 cm³/mol. The molecule has 0 aliphatic carbocycles. The molecule has 0 saturated carbocycles. The Hall–Kier alpha value is -2.08. The summed E-state index contributed by atoms with van der Waals surface area (Å²) in [5.74, 6) is 1.05. The largest absolute Gasteiger partial charge is 0.458 e. The summed E-state index contributed by atoms with van der Waals surface area (Å²) in [6.07, 6.45) is 0. The maximum Gasteiger partial charge on any atom is 0.323 e. The van der Waals surface area contributed by atoms with E-state index in [4.69, 9.17) is 16.3 Å². The first-order chi connectivity index (χ1) is 10.1. The number of rotatable bonds is 6. The molecule has 1 heterocycles. The van der Waals surface area contributed by atoms with Crippen LogP contribution in [0.2, 0.25) is 5.02 Å². The second kappa shape index (κ2) is 7.08. The number of hydrogen-bond acceptors (Lipinski definition) is 6. The number of hydrogen-bond donors (Lipinski definition) is 1. The topological polar surface area (TPSA) is 63.2 Å². The Morgan fingerprint density at radius 1 is 1.14 bits per heavy atom. The highest BCUT2D eigenvalue weighted by molar-refractivity contribution is 6.30. The van der Waals surface area contributed by atoms with E-state index in [9.17, 15) is 0 Å². The summed E-state index contributed by atoms with van der Waals surface area (Å²) in [4.78, 5) is 14.6. The highest BCUT2D eigenvalue weighted by Gasteiger charge is 2.09. The average Bonchev–Trinajstić information content (AvgIpc) is 2.47. The normalized spacial score (nSPS) is 10.3. The molecule has 2 rings (SSSR count). The summed E-state index contributed by atoms with van der Waals surface area (Å²) in [7, 11) is 3.74. The molecule has 0 atom stereocenters. The fourth-order valence-corrected chi connectivity index (χ4v) is 1.70. The van der Waals surface area contributed by atoms with Gasteiger partial charge in [-0.2, -0.15) is 15.0 Å². The molecule has 0 radical (unpaired) electrons. The summed E-state index contributed by atoms with van der Waals surface area (Å²) in [6.45, 7) is 3.08. The summed E-state index contributed by atoms with van der Waals surface area (Å²) < 4.78 is 5.64. The highest BCUT2D eigenvalue weighted by Crippen LogP contribution is 2.15. The molecular weight excluding hydrogens is 290 g/mol. The van der Waals surface area contributed by atoms with Crippen molar-refractivity contribution >= 4 is 23.5 Å². The number of halogens is 1. The van der Waals surface area contributed by atoms with E-state index in [0.29, 0.717) is 29.5 Å². The predicted octanol–water partition coefficient (Wildman–Crippen LogP) is 2.60. The molecule has 1 aromatic heterocycles. The Morgan fingerprint density at radius 3 is 2.48 bits per heavy atom. The first-order valence-electron chi connectivity index (χ1n) is 6.63. The van der Waals surface area contributed by atoms with Gasteiger partial charge in [-0.1, -0.05) is 23.7 Å². The molecule has 0 aliphatic heterocycles. The molecule has 1 aromatic carbocycles. The van der Waals surface area contributed by atoms with Crippen molar-refractivity contribution in [2.45, 2.75) is 13.5 Å². The minimum absolute atomic E-state index is 0.291. The maximum absolute atomic E-state index is 5.85. The van der Waals surface area contributed by atoms with Crippen LogP contribution in [0.15, 0.2) is 24.3 Å². The van der Waals surface area contributed by atoms with Crippen LogP contribution in [0.5, 0.6) is 6.01 Å². The monoisotopic (exact) mass is 307 g/mol. The van der Waals surface area contributed by atoms with Crippen LogP contribution in [0.3, 0.4) is 0 Å². The van der Waals surface area contributed by atoms with Crippen molar-refractivity contribution in [1.82, 2.24) is 15.0 Å². The van der Waals surface area contributed by atoms with Crippen molar-refractivity contribution in [2.75, 3.05) is 30.9 Å². The molecule has 0 bridgehead atoms. The van der Waals surface area contributed by atoms with Gasteiger partial charge < -0.3 is 15.0 Å². The SMILES string of the molecule is CCNc1nc(OCc2ccc(Cl)cc2)nc(N(C)C)n1. The lowest BCUT2D eigenvalue weighted by molar-refractivity contribution is 0.280. The number of aromatic nitrogens is 3. The van der Waals surface area contributed by atoms with E-state index in [0.717, 1.165) is 12.1 Å². The third-order valence-corrected chi connectivity index (χ3v) is 2.87. The molecule has 6 nitrogen and oxygen atoms in total. The van der Waals surface area contributed by atoms with Gasteiger partial charge in [-0.3, -0.25) is 0 Å². The molecule has 0 amide bonds. The molecule has 0 saturated heterocycles. The van der Waals surface area contributed by atoms with Crippen LogP contribution < -0.4 is 15.0 Å². The zero-order valence-electron chi connectivity index (χ0n) is 12.3. The lowest BCUT2D eigenvalue weighted by Gasteiger charge is -2.13. The summed E-state index contributed by atoms with van der Waals surface area (Å²) in [5, 5.41) is 3.76. The lowest BCUT2D eigenvalue weighted by Crippen LogP contribution is -2.16. The van der Waals surface area contributed by atoms with Crippen LogP contribution in [0, 0.1) is 0 Å². The van der Waals surface area contributed by atoms with Crippen molar-refractivity contribution in [2.24, 2.45) is 0 Å². The fourth-order valence-electron chi connectivity index (χ4n) is 1.58. The molecule has 0 fully saturated rings. The molecule has 0 aliphatic rings. The zero-order chi connectivity index (χ0) is 15.2. The van der Waals surface area contributed by atoms with E-state index in [1.54, 1.807) is 4.90 Å². The minimum atomic E-state index is 0.291. The number of ether oxygens (including phenoxy) is 1. The van der Waals surface area contributed by atoms with Gasteiger partial charge in [-0.15, -0.1) is 0 Å². The Balaban J connectivity index is 2.12. The minimum Gasteiger partial charge on any atom is -0.458 e. The standard InChI is InChI=1S/C14H18ClN5O/c1-4-16-12-17-13(20(2)3)19-14(18-12)21-9-10-5-7-11(15)8-6-10/h5-8H,4,9H2,1-3H3,(H,16,17,18,19). The van der Waals surface area contributed by atoms with Gasteiger partial charge in [0.15, 0.2) is 0 Å². The fraction of sp³-hybridized carbons (Fsp3) is 0.357. The van der Waals surface area contributed by atoms with Gasteiger partial charge in [0.2, 0.25) is 11.9 Å². The van der Waals surface area contributed by atoms with Crippen molar-refractivity contribution in [3.05, 3.63) is 34.9 Å². The summed E-state index contributed by atoms with van der Waals surface area (Å²) in [5.41, 5.74) is 0.996. The van der Waals surface area contributed by atoms with Crippen molar-refractivity contribution in [3.63, 3.8) is 0 Å².